The molecule has 0 fully saturated rings. The van der Waals surface area contributed by atoms with Crippen molar-refractivity contribution in [2.24, 2.45) is 5.92 Å². The van der Waals surface area contributed by atoms with Crippen LogP contribution in [0, 0.1) is 5.92 Å². The van der Waals surface area contributed by atoms with Gasteiger partial charge in [0.25, 0.3) is 0 Å². The molecule has 0 spiro atoms. The second-order valence-corrected chi connectivity index (χ2v) is 5.09. The Morgan fingerprint density at radius 3 is 2.39 bits per heavy atom. The van der Waals surface area contributed by atoms with Crippen molar-refractivity contribution in [3.05, 3.63) is 35.4 Å². The zero-order chi connectivity index (χ0) is 13.5. The molecule has 0 aliphatic rings. The molecule has 0 aliphatic carbocycles. The lowest BCUT2D eigenvalue weighted by Crippen LogP contribution is -2.12. The predicted octanol–water partition coefficient (Wildman–Crippen LogP) is 3.26. The summed E-state index contributed by atoms with van der Waals surface area (Å²) in [5, 5.41) is 8.85. The van der Waals surface area contributed by atoms with Crippen molar-refractivity contribution in [2.45, 2.75) is 46.3 Å². The Kier molecular flexibility index (Phi) is 5.86. The van der Waals surface area contributed by atoms with Crippen LogP contribution in [0.1, 0.15) is 38.3 Å². The first-order valence-electron chi connectivity index (χ1n) is 6.39. The summed E-state index contributed by atoms with van der Waals surface area (Å²) in [5.41, 5.74) is 1.80. The van der Waals surface area contributed by atoms with Gasteiger partial charge in [0.2, 0.25) is 0 Å². The average Bonchev–Trinajstić information content (AvgIpc) is 2.26. The summed E-state index contributed by atoms with van der Waals surface area (Å²) in [5.74, 6) is -0.202. The van der Waals surface area contributed by atoms with Crippen LogP contribution in [0.2, 0.25) is 0 Å². The summed E-state index contributed by atoms with van der Waals surface area (Å²) in [6.07, 6.45) is 1.27. The van der Waals surface area contributed by atoms with Crippen LogP contribution in [0.4, 0.5) is 0 Å². The maximum absolute atomic E-state index is 10.8. The lowest BCUT2D eigenvalue weighted by atomic mass is 10.0. The second-order valence-electron chi connectivity index (χ2n) is 5.09. The topological polar surface area (TPSA) is 46.5 Å². The summed E-state index contributed by atoms with van der Waals surface area (Å²) in [6, 6.07) is 7.55. The molecule has 0 saturated carbocycles. The van der Waals surface area contributed by atoms with Crippen molar-refractivity contribution in [3.63, 3.8) is 0 Å². The van der Waals surface area contributed by atoms with Crippen molar-refractivity contribution < 1.29 is 14.6 Å². The highest BCUT2D eigenvalue weighted by molar-refractivity contribution is 5.70. The summed E-state index contributed by atoms with van der Waals surface area (Å²) in [6.45, 7) is 6.87. The molecule has 100 valence electrons. The molecule has 1 atom stereocenters. The van der Waals surface area contributed by atoms with E-state index in [1.807, 2.05) is 24.3 Å². The van der Waals surface area contributed by atoms with Gasteiger partial charge in [0.1, 0.15) is 0 Å². The molecule has 0 aliphatic heterocycles. The molecule has 0 amide bonds. The minimum atomic E-state index is -0.808. The first-order valence-corrected chi connectivity index (χ1v) is 6.39. The molecular formula is C15H22O3. The normalized spacial score (nSPS) is 12.7. The van der Waals surface area contributed by atoms with Crippen LogP contribution in [-0.4, -0.2) is 17.2 Å². The van der Waals surface area contributed by atoms with Crippen molar-refractivity contribution in [1.29, 1.82) is 0 Å². The van der Waals surface area contributed by atoms with Gasteiger partial charge in [-0.3, -0.25) is 4.79 Å². The smallest absolute Gasteiger partial charge is 0.307 e. The molecule has 0 aromatic heterocycles. The molecule has 0 bridgehead atoms. The molecule has 1 aromatic carbocycles. The Hall–Kier alpha value is -1.35. The number of carbonyl (C=O) groups is 1. The van der Waals surface area contributed by atoms with E-state index >= 15 is 0 Å². The zero-order valence-corrected chi connectivity index (χ0v) is 11.3. The van der Waals surface area contributed by atoms with E-state index in [2.05, 4.69) is 20.8 Å². The van der Waals surface area contributed by atoms with Gasteiger partial charge in [-0.15, -0.1) is 0 Å². The summed E-state index contributed by atoms with van der Waals surface area (Å²) in [7, 11) is 0. The van der Waals surface area contributed by atoms with Gasteiger partial charge in [-0.2, -0.15) is 0 Å². The number of hydrogen-bond donors (Lipinski definition) is 1. The SMILES string of the molecule is CC(C)CC(C)OCc1ccccc1CC(=O)O. The third kappa shape index (κ3) is 5.32. The quantitative estimate of drug-likeness (QED) is 0.808. The fourth-order valence-corrected chi connectivity index (χ4v) is 2.00. The third-order valence-corrected chi connectivity index (χ3v) is 2.79. The summed E-state index contributed by atoms with van der Waals surface area (Å²) < 4.78 is 5.77. The van der Waals surface area contributed by atoms with Gasteiger partial charge >= 0.3 is 5.97 Å². The predicted molar refractivity (Wildman–Crippen MR) is 71.5 cm³/mol. The maximum Gasteiger partial charge on any atom is 0.307 e. The van der Waals surface area contributed by atoms with Gasteiger partial charge in [0, 0.05) is 0 Å². The van der Waals surface area contributed by atoms with Gasteiger partial charge in [-0.1, -0.05) is 38.1 Å². The molecule has 1 unspecified atom stereocenters. The van der Waals surface area contributed by atoms with Crippen LogP contribution < -0.4 is 0 Å². The minimum Gasteiger partial charge on any atom is -0.481 e. The number of carboxylic acids is 1. The van der Waals surface area contributed by atoms with Crippen LogP contribution in [0.3, 0.4) is 0 Å². The van der Waals surface area contributed by atoms with Crippen molar-refractivity contribution >= 4 is 5.97 Å². The standard InChI is InChI=1S/C15H22O3/c1-11(2)8-12(3)18-10-14-7-5-4-6-13(14)9-15(16)17/h4-7,11-12H,8-10H2,1-3H3,(H,16,17). The molecule has 3 heteroatoms. The zero-order valence-electron chi connectivity index (χ0n) is 11.3. The molecule has 0 radical (unpaired) electrons. The number of hydrogen-bond acceptors (Lipinski definition) is 2. The van der Waals surface area contributed by atoms with Crippen LogP contribution in [0.25, 0.3) is 0 Å². The number of ether oxygens (including phenoxy) is 1. The number of aliphatic carboxylic acids is 1. The Morgan fingerprint density at radius 2 is 1.83 bits per heavy atom. The highest BCUT2D eigenvalue weighted by atomic mass is 16.5. The molecule has 1 N–H and O–H groups in total. The van der Waals surface area contributed by atoms with Crippen molar-refractivity contribution in [1.82, 2.24) is 0 Å². The number of benzene rings is 1. The maximum atomic E-state index is 10.8. The first kappa shape index (κ1) is 14.7. The van der Waals surface area contributed by atoms with E-state index in [1.54, 1.807) is 0 Å². The monoisotopic (exact) mass is 250 g/mol. The van der Waals surface area contributed by atoms with Crippen molar-refractivity contribution in [2.75, 3.05) is 0 Å². The summed E-state index contributed by atoms with van der Waals surface area (Å²) in [4.78, 5) is 10.8. The molecule has 1 aromatic rings. The van der Waals surface area contributed by atoms with Crippen LogP contribution >= 0.6 is 0 Å². The fourth-order valence-electron chi connectivity index (χ4n) is 2.00. The van der Waals surface area contributed by atoms with Crippen LogP contribution in [0.5, 0.6) is 0 Å². The van der Waals surface area contributed by atoms with E-state index in [4.69, 9.17) is 9.84 Å². The highest BCUT2D eigenvalue weighted by Crippen LogP contribution is 2.14. The van der Waals surface area contributed by atoms with E-state index in [-0.39, 0.29) is 12.5 Å². The summed E-state index contributed by atoms with van der Waals surface area (Å²) >= 11 is 0. The average molecular weight is 250 g/mol. The minimum absolute atomic E-state index is 0.0537. The van der Waals surface area contributed by atoms with Gasteiger partial charge in [0.15, 0.2) is 0 Å². The van der Waals surface area contributed by atoms with Crippen LogP contribution in [-0.2, 0) is 22.6 Å². The Balaban J connectivity index is 2.58. The molecule has 0 heterocycles. The molecule has 0 saturated heterocycles. The lowest BCUT2D eigenvalue weighted by Gasteiger charge is -2.16. The Morgan fingerprint density at radius 1 is 1.22 bits per heavy atom. The van der Waals surface area contributed by atoms with E-state index in [1.165, 1.54) is 0 Å². The highest BCUT2D eigenvalue weighted by Gasteiger charge is 2.09. The van der Waals surface area contributed by atoms with E-state index < -0.39 is 5.97 Å². The first-order chi connectivity index (χ1) is 8.49. The number of rotatable bonds is 7. The third-order valence-electron chi connectivity index (χ3n) is 2.79. The van der Waals surface area contributed by atoms with Gasteiger partial charge < -0.3 is 9.84 Å². The van der Waals surface area contributed by atoms with E-state index in [0.717, 1.165) is 17.5 Å². The fraction of sp³-hybridized carbons (Fsp3) is 0.533. The second kappa shape index (κ2) is 7.17. The van der Waals surface area contributed by atoms with Gasteiger partial charge in [0.05, 0.1) is 19.1 Å². The Labute approximate surface area is 109 Å². The molecule has 1 rings (SSSR count). The molecule has 18 heavy (non-hydrogen) atoms. The van der Waals surface area contributed by atoms with Gasteiger partial charge in [-0.05, 0) is 30.4 Å². The molecule has 3 nitrogen and oxygen atoms in total. The van der Waals surface area contributed by atoms with E-state index in [0.29, 0.717) is 12.5 Å². The Bertz CT molecular complexity index is 385. The number of carboxylic acid groups (broad SMARTS) is 1. The largest absolute Gasteiger partial charge is 0.481 e. The van der Waals surface area contributed by atoms with Crippen molar-refractivity contribution in [3.8, 4) is 0 Å². The van der Waals surface area contributed by atoms with E-state index in [9.17, 15) is 4.79 Å². The van der Waals surface area contributed by atoms with Crippen LogP contribution in [0.15, 0.2) is 24.3 Å². The van der Waals surface area contributed by atoms with Gasteiger partial charge in [-0.25, -0.2) is 0 Å². The molecular weight excluding hydrogens is 228 g/mol. The lowest BCUT2D eigenvalue weighted by molar-refractivity contribution is -0.136.